The summed E-state index contributed by atoms with van der Waals surface area (Å²) in [5.74, 6) is 1.12. The third-order valence-electron chi connectivity index (χ3n) is 3.76. The Hall–Kier alpha value is -2.00. The third-order valence-corrected chi connectivity index (χ3v) is 4.03. The Morgan fingerprint density at radius 1 is 1.14 bits per heavy atom. The van der Waals surface area contributed by atoms with E-state index < -0.39 is 0 Å². The van der Waals surface area contributed by atoms with Gasteiger partial charge in [-0.1, -0.05) is 35.9 Å². The van der Waals surface area contributed by atoms with Crippen LogP contribution in [0.3, 0.4) is 0 Å². The maximum absolute atomic E-state index is 11.9. The van der Waals surface area contributed by atoms with Gasteiger partial charge in [0.1, 0.15) is 13.2 Å². The highest BCUT2D eigenvalue weighted by molar-refractivity contribution is 6.64. The van der Waals surface area contributed by atoms with Crippen LogP contribution in [0.1, 0.15) is 22.6 Å². The zero-order valence-electron chi connectivity index (χ0n) is 12.3. The molecule has 0 aliphatic carbocycles. The summed E-state index contributed by atoms with van der Waals surface area (Å²) in [6, 6.07) is 13.7. The van der Waals surface area contributed by atoms with Crippen molar-refractivity contribution in [3.05, 3.63) is 59.2 Å². The Kier molecular flexibility index (Phi) is 4.34. The van der Waals surface area contributed by atoms with Gasteiger partial charge in [-0.3, -0.25) is 4.79 Å². The highest BCUT2D eigenvalue weighted by Crippen LogP contribution is 2.33. The van der Waals surface area contributed by atoms with Crippen LogP contribution in [0.5, 0.6) is 11.5 Å². The summed E-state index contributed by atoms with van der Waals surface area (Å²) in [5, 5.41) is -0.347. The van der Waals surface area contributed by atoms with Gasteiger partial charge in [0.15, 0.2) is 11.5 Å². The second kappa shape index (κ2) is 6.41. The van der Waals surface area contributed by atoms with Crippen LogP contribution in [-0.2, 0) is 11.2 Å². The number of hydrogen-bond donors (Lipinski definition) is 0. The van der Waals surface area contributed by atoms with E-state index in [2.05, 4.69) is 0 Å². The van der Waals surface area contributed by atoms with Crippen LogP contribution in [0.2, 0.25) is 0 Å². The number of halogens is 1. The largest absolute Gasteiger partial charge is 0.486 e. The molecule has 0 N–H and O–H groups in total. The molecule has 0 bridgehead atoms. The highest BCUT2D eigenvalue weighted by atomic mass is 35.5. The Labute approximate surface area is 134 Å². The molecular weight excluding hydrogens is 300 g/mol. The molecule has 3 rings (SSSR count). The lowest BCUT2D eigenvalue weighted by atomic mass is 9.92. The quantitative estimate of drug-likeness (QED) is 0.804. The van der Waals surface area contributed by atoms with Gasteiger partial charge >= 0.3 is 0 Å². The van der Waals surface area contributed by atoms with Gasteiger partial charge in [-0.25, -0.2) is 0 Å². The molecule has 114 valence electrons. The molecule has 0 fully saturated rings. The summed E-state index contributed by atoms with van der Waals surface area (Å²) in [6.45, 7) is 3.12. The predicted molar refractivity (Wildman–Crippen MR) is 85.9 cm³/mol. The van der Waals surface area contributed by atoms with Crippen molar-refractivity contribution in [2.45, 2.75) is 19.3 Å². The molecule has 0 spiro atoms. The van der Waals surface area contributed by atoms with Crippen molar-refractivity contribution >= 4 is 16.8 Å². The van der Waals surface area contributed by atoms with E-state index in [4.69, 9.17) is 21.1 Å². The third kappa shape index (κ3) is 3.25. The lowest BCUT2D eigenvalue weighted by Crippen LogP contribution is -2.16. The number of ether oxygens (including phenoxy) is 2. The second-order valence-electron chi connectivity index (χ2n) is 5.45. The summed E-state index contributed by atoms with van der Waals surface area (Å²) >= 11 is 5.83. The first kappa shape index (κ1) is 14.9. The van der Waals surface area contributed by atoms with Crippen LogP contribution in [-0.4, -0.2) is 18.5 Å². The van der Waals surface area contributed by atoms with Gasteiger partial charge < -0.3 is 9.47 Å². The van der Waals surface area contributed by atoms with Crippen LogP contribution >= 0.6 is 11.6 Å². The fourth-order valence-corrected chi connectivity index (χ4v) is 2.87. The molecule has 0 saturated heterocycles. The Morgan fingerprint density at radius 2 is 1.91 bits per heavy atom. The minimum atomic E-state index is -0.357. The molecule has 2 aromatic carbocycles. The number of carbonyl (C=O) groups excluding carboxylic acids is 1. The standard InChI is InChI=1S/C18H17ClO3/c1-12-3-2-4-14(9-12)15(18(19)20)10-13-5-6-16-17(11-13)22-8-7-21-16/h2-6,9,11,15H,7-8,10H2,1H3. The fourth-order valence-electron chi connectivity index (χ4n) is 2.67. The van der Waals surface area contributed by atoms with Crippen LogP contribution in [0.15, 0.2) is 42.5 Å². The average Bonchev–Trinajstić information content (AvgIpc) is 2.52. The van der Waals surface area contributed by atoms with Crippen LogP contribution in [0.25, 0.3) is 0 Å². The molecule has 22 heavy (non-hydrogen) atoms. The first-order valence-electron chi connectivity index (χ1n) is 7.28. The van der Waals surface area contributed by atoms with E-state index in [-0.39, 0.29) is 11.2 Å². The maximum Gasteiger partial charge on any atom is 0.229 e. The van der Waals surface area contributed by atoms with Crippen molar-refractivity contribution in [2.24, 2.45) is 0 Å². The summed E-state index contributed by atoms with van der Waals surface area (Å²) in [7, 11) is 0. The summed E-state index contributed by atoms with van der Waals surface area (Å²) < 4.78 is 11.1. The number of benzene rings is 2. The molecule has 1 heterocycles. The molecule has 0 amide bonds. The number of carbonyl (C=O) groups is 1. The molecule has 1 aliphatic rings. The van der Waals surface area contributed by atoms with Gasteiger partial charge in [0, 0.05) is 0 Å². The number of rotatable bonds is 4. The van der Waals surface area contributed by atoms with E-state index in [1.165, 1.54) is 0 Å². The molecule has 3 nitrogen and oxygen atoms in total. The van der Waals surface area contributed by atoms with Gasteiger partial charge in [-0.15, -0.1) is 0 Å². The van der Waals surface area contributed by atoms with Gasteiger partial charge in [-0.05, 0) is 48.2 Å². The normalized spacial score (nSPS) is 14.5. The topological polar surface area (TPSA) is 35.5 Å². The predicted octanol–water partition coefficient (Wildman–Crippen LogP) is 3.86. The molecule has 1 unspecified atom stereocenters. The number of fused-ring (bicyclic) bond motifs is 1. The lowest BCUT2D eigenvalue weighted by Gasteiger charge is -2.20. The van der Waals surface area contributed by atoms with Crippen molar-refractivity contribution in [1.29, 1.82) is 0 Å². The highest BCUT2D eigenvalue weighted by Gasteiger charge is 2.21. The molecule has 0 saturated carbocycles. The fraction of sp³-hybridized carbons (Fsp3) is 0.278. The van der Waals surface area contributed by atoms with Crippen molar-refractivity contribution in [3.8, 4) is 11.5 Å². The van der Waals surface area contributed by atoms with E-state index in [0.717, 1.165) is 28.2 Å². The van der Waals surface area contributed by atoms with Crippen molar-refractivity contribution in [3.63, 3.8) is 0 Å². The van der Waals surface area contributed by atoms with Gasteiger partial charge in [-0.2, -0.15) is 0 Å². The van der Waals surface area contributed by atoms with E-state index >= 15 is 0 Å². The first-order chi connectivity index (χ1) is 10.6. The Bertz CT molecular complexity index is 696. The number of aryl methyl sites for hydroxylation is 1. The van der Waals surface area contributed by atoms with E-state index in [0.29, 0.717) is 19.6 Å². The Balaban J connectivity index is 1.86. The molecule has 1 aliphatic heterocycles. The van der Waals surface area contributed by atoms with Gasteiger partial charge in [0.05, 0.1) is 5.92 Å². The molecule has 0 aromatic heterocycles. The molecular formula is C18H17ClO3. The van der Waals surface area contributed by atoms with E-state index in [1.807, 2.05) is 49.4 Å². The molecule has 4 heteroatoms. The second-order valence-corrected chi connectivity index (χ2v) is 5.83. The van der Waals surface area contributed by atoms with Gasteiger partial charge in [0.2, 0.25) is 5.24 Å². The van der Waals surface area contributed by atoms with Crippen molar-refractivity contribution in [2.75, 3.05) is 13.2 Å². The van der Waals surface area contributed by atoms with E-state index in [9.17, 15) is 4.79 Å². The maximum atomic E-state index is 11.9. The lowest BCUT2D eigenvalue weighted by molar-refractivity contribution is -0.113. The van der Waals surface area contributed by atoms with E-state index in [1.54, 1.807) is 0 Å². The summed E-state index contributed by atoms with van der Waals surface area (Å²) in [6.07, 6.45) is 0.544. The van der Waals surface area contributed by atoms with Crippen LogP contribution in [0, 0.1) is 6.92 Å². The van der Waals surface area contributed by atoms with Crippen molar-refractivity contribution < 1.29 is 14.3 Å². The molecule has 2 aromatic rings. The zero-order chi connectivity index (χ0) is 15.5. The smallest absolute Gasteiger partial charge is 0.229 e. The minimum Gasteiger partial charge on any atom is -0.486 e. The average molecular weight is 317 g/mol. The van der Waals surface area contributed by atoms with Gasteiger partial charge in [0.25, 0.3) is 0 Å². The zero-order valence-corrected chi connectivity index (χ0v) is 13.1. The SMILES string of the molecule is Cc1cccc(C(Cc2ccc3c(c2)OCCO3)C(=O)Cl)c1. The monoisotopic (exact) mass is 316 g/mol. The molecule has 1 atom stereocenters. The Morgan fingerprint density at radius 3 is 2.64 bits per heavy atom. The number of hydrogen-bond acceptors (Lipinski definition) is 3. The van der Waals surface area contributed by atoms with Crippen LogP contribution in [0.4, 0.5) is 0 Å². The summed E-state index contributed by atoms with van der Waals surface area (Å²) in [4.78, 5) is 11.9. The molecule has 0 radical (unpaired) electrons. The summed E-state index contributed by atoms with van der Waals surface area (Å²) in [5.41, 5.74) is 3.06. The minimum absolute atomic E-state index is 0.347. The van der Waals surface area contributed by atoms with Crippen LogP contribution < -0.4 is 9.47 Å². The van der Waals surface area contributed by atoms with Crippen molar-refractivity contribution in [1.82, 2.24) is 0 Å². The first-order valence-corrected chi connectivity index (χ1v) is 7.66.